The Balaban J connectivity index is 1.72. The number of rotatable bonds is 6. The van der Waals surface area contributed by atoms with E-state index in [0.717, 1.165) is 16.9 Å². The lowest BCUT2D eigenvalue weighted by atomic mass is 9.99. The Morgan fingerprint density at radius 2 is 1.82 bits per heavy atom. The molecule has 170 valence electrons. The predicted octanol–water partition coefficient (Wildman–Crippen LogP) is 4.96. The minimum atomic E-state index is -1.10. The second kappa shape index (κ2) is 8.68. The van der Waals surface area contributed by atoms with Gasteiger partial charge in [-0.15, -0.1) is 0 Å². The van der Waals surface area contributed by atoms with Crippen LogP contribution in [0.3, 0.4) is 0 Å². The number of para-hydroxylation sites is 1. The van der Waals surface area contributed by atoms with Gasteiger partial charge in [0.1, 0.15) is 34.8 Å². The van der Waals surface area contributed by atoms with Crippen molar-refractivity contribution in [1.29, 1.82) is 0 Å². The van der Waals surface area contributed by atoms with Gasteiger partial charge in [0.2, 0.25) is 0 Å². The van der Waals surface area contributed by atoms with Gasteiger partial charge in [0.05, 0.1) is 12.8 Å². The molecule has 2 heterocycles. The van der Waals surface area contributed by atoms with E-state index in [1.807, 2.05) is 42.5 Å². The molecule has 0 saturated carbocycles. The van der Waals surface area contributed by atoms with Gasteiger partial charge < -0.3 is 14.3 Å². The van der Waals surface area contributed by atoms with E-state index < -0.39 is 17.9 Å². The maximum Gasteiger partial charge on any atom is 0.311 e. The number of carboxylic acid groups (broad SMARTS) is 1. The monoisotopic (exact) mass is 474 g/mol. The topological polar surface area (TPSA) is 94.6 Å². The van der Waals surface area contributed by atoms with Crippen LogP contribution in [0, 0.1) is 0 Å². The Hall–Kier alpha value is -4.10. The minimum Gasteiger partial charge on any atom is -0.497 e. The summed E-state index contributed by atoms with van der Waals surface area (Å²) in [5, 5.41) is 15.2. The third kappa shape index (κ3) is 3.91. The fourth-order valence-corrected chi connectivity index (χ4v) is 4.16. The lowest BCUT2D eigenvalue weighted by Gasteiger charge is -2.11. The highest BCUT2D eigenvalue weighted by molar-refractivity contribution is 6.30. The third-order valence-electron chi connectivity index (χ3n) is 5.64. The van der Waals surface area contributed by atoms with Gasteiger partial charge in [0.25, 0.3) is 5.56 Å². The van der Waals surface area contributed by atoms with E-state index in [1.54, 1.807) is 31.4 Å². The number of carbonyl (C=O) groups is 1. The normalized spacial score (nSPS) is 11.2. The number of benzene rings is 3. The second-order valence-electron chi connectivity index (χ2n) is 7.83. The van der Waals surface area contributed by atoms with E-state index >= 15 is 0 Å². The van der Waals surface area contributed by atoms with Gasteiger partial charge in [-0.25, -0.2) is 0 Å². The van der Waals surface area contributed by atoms with Gasteiger partial charge >= 0.3 is 5.97 Å². The van der Waals surface area contributed by atoms with Crippen molar-refractivity contribution in [3.05, 3.63) is 99.0 Å². The third-order valence-corrected chi connectivity index (χ3v) is 5.89. The zero-order chi connectivity index (χ0) is 23.8. The standard InChI is InChI=1S/C26H19ClN2O5/c1-33-19-11-5-15(6-12-19)13-16-3-2-4-20-24-23(21(14-22(30)31)34-25(16)20)26(32)29(28-24)18-9-7-17(27)8-10-18/h2-12H,13-14H2,1H3,(H,30,31). The molecule has 0 radical (unpaired) electrons. The quantitative estimate of drug-likeness (QED) is 0.373. The highest BCUT2D eigenvalue weighted by atomic mass is 35.5. The molecule has 5 rings (SSSR count). The van der Waals surface area contributed by atoms with E-state index in [2.05, 4.69) is 5.10 Å². The summed E-state index contributed by atoms with van der Waals surface area (Å²) >= 11 is 5.98. The fraction of sp³-hybridized carbons (Fsp3) is 0.115. The molecule has 34 heavy (non-hydrogen) atoms. The summed E-state index contributed by atoms with van der Waals surface area (Å²) < 4.78 is 12.6. The molecule has 7 nitrogen and oxygen atoms in total. The summed E-state index contributed by atoms with van der Waals surface area (Å²) in [6.07, 6.45) is 0.107. The van der Waals surface area contributed by atoms with Crippen molar-refractivity contribution >= 4 is 28.5 Å². The number of carboxylic acids is 1. The van der Waals surface area contributed by atoms with Crippen molar-refractivity contribution in [3.8, 4) is 22.7 Å². The number of halogens is 1. The van der Waals surface area contributed by atoms with Gasteiger partial charge in [-0.3, -0.25) is 9.59 Å². The Labute approximate surface area is 199 Å². The smallest absolute Gasteiger partial charge is 0.311 e. The Bertz CT molecular complexity index is 1540. The first-order valence-electron chi connectivity index (χ1n) is 10.5. The van der Waals surface area contributed by atoms with Crippen LogP contribution >= 0.6 is 11.6 Å². The van der Waals surface area contributed by atoms with E-state index in [0.29, 0.717) is 33.8 Å². The molecule has 3 aromatic rings. The zero-order valence-electron chi connectivity index (χ0n) is 18.1. The van der Waals surface area contributed by atoms with Crippen molar-refractivity contribution in [2.75, 3.05) is 7.11 Å². The molecule has 1 N–H and O–H groups in total. The average Bonchev–Trinajstić information content (AvgIpc) is 3.18. The molecule has 0 aromatic heterocycles. The van der Waals surface area contributed by atoms with Crippen LogP contribution in [-0.4, -0.2) is 28.0 Å². The summed E-state index contributed by atoms with van der Waals surface area (Å²) in [5.41, 5.74) is 3.02. The van der Waals surface area contributed by atoms with Gasteiger partial charge in [0.15, 0.2) is 0 Å². The van der Waals surface area contributed by atoms with Gasteiger partial charge in [-0.05, 0) is 53.6 Å². The average molecular weight is 475 g/mol. The SMILES string of the molecule is COc1ccc(Cc2cccc3c4nn(-c5ccc(Cl)cc5)c(=O)c-4c(CC(=O)O)oc23)cc1. The molecule has 8 heteroatoms. The minimum absolute atomic E-state index is 0.0717. The Morgan fingerprint density at radius 3 is 2.50 bits per heavy atom. The molecule has 0 bridgehead atoms. The summed E-state index contributed by atoms with van der Waals surface area (Å²) in [7, 11) is 1.61. The van der Waals surface area contributed by atoms with Gasteiger partial charge in [-0.1, -0.05) is 35.9 Å². The number of fused-ring (bicyclic) bond motifs is 3. The highest BCUT2D eigenvalue weighted by Crippen LogP contribution is 2.34. The van der Waals surface area contributed by atoms with Gasteiger partial charge in [0, 0.05) is 16.8 Å². The number of aromatic nitrogens is 2. The molecule has 2 aliphatic rings. The maximum absolute atomic E-state index is 13.3. The Kier molecular flexibility index (Phi) is 5.55. The number of ether oxygens (including phenoxy) is 1. The summed E-state index contributed by atoms with van der Waals surface area (Å²) in [5.74, 6) is -0.273. The zero-order valence-corrected chi connectivity index (χ0v) is 18.9. The number of nitrogens with zero attached hydrogens (tertiary/aromatic N) is 2. The van der Waals surface area contributed by atoms with E-state index in [9.17, 15) is 14.7 Å². The van der Waals surface area contributed by atoms with Crippen LogP contribution in [0.2, 0.25) is 5.02 Å². The second-order valence-corrected chi connectivity index (χ2v) is 8.27. The lowest BCUT2D eigenvalue weighted by Crippen LogP contribution is -2.16. The van der Waals surface area contributed by atoms with Crippen molar-refractivity contribution < 1.29 is 19.1 Å². The van der Waals surface area contributed by atoms with Crippen LogP contribution in [0.4, 0.5) is 0 Å². The number of methoxy groups -OCH3 is 1. The van der Waals surface area contributed by atoms with Crippen molar-refractivity contribution in [2.24, 2.45) is 0 Å². The van der Waals surface area contributed by atoms with E-state index in [4.69, 9.17) is 20.8 Å². The molecule has 0 unspecified atom stereocenters. The largest absolute Gasteiger partial charge is 0.497 e. The van der Waals surface area contributed by atoms with Crippen LogP contribution in [0.5, 0.6) is 5.75 Å². The number of hydrogen-bond acceptors (Lipinski definition) is 5. The maximum atomic E-state index is 13.3. The van der Waals surface area contributed by atoms with Crippen LogP contribution < -0.4 is 10.3 Å². The highest BCUT2D eigenvalue weighted by Gasteiger charge is 2.27. The summed E-state index contributed by atoms with van der Waals surface area (Å²) in [6, 6.07) is 20.0. The molecule has 0 atom stereocenters. The molecule has 3 aromatic carbocycles. The van der Waals surface area contributed by atoms with Crippen molar-refractivity contribution in [2.45, 2.75) is 12.8 Å². The van der Waals surface area contributed by atoms with Crippen molar-refractivity contribution in [3.63, 3.8) is 0 Å². The Morgan fingerprint density at radius 1 is 1.09 bits per heavy atom. The number of aliphatic carboxylic acids is 1. The number of hydrogen-bond donors (Lipinski definition) is 1. The molecule has 0 saturated heterocycles. The first-order chi connectivity index (χ1) is 16.4. The molecule has 0 fully saturated rings. The molecule has 0 aliphatic carbocycles. The van der Waals surface area contributed by atoms with Crippen LogP contribution in [0.25, 0.3) is 27.9 Å². The van der Waals surface area contributed by atoms with Crippen LogP contribution in [0.15, 0.2) is 75.9 Å². The van der Waals surface area contributed by atoms with Gasteiger partial charge in [-0.2, -0.15) is 9.78 Å². The molecule has 2 aliphatic heterocycles. The first kappa shape index (κ1) is 21.7. The predicted molar refractivity (Wildman–Crippen MR) is 128 cm³/mol. The van der Waals surface area contributed by atoms with Crippen LogP contribution in [0.1, 0.15) is 16.9 Å². The summed E-state index contributed by atoms with van der Waals surface area (Å²) in [4.78, 5) is 24.9. The molecule has 0 amide bonds. The molecular weight excluding hydrogens is 456 g/mol. The summed E-state index contributed by atoms with van der Waals surface area (Å²) in [6.45, 7) is 0. The lowest BCUT2D eigenvalue weighted by molar-refractivity contribution is -0.136. The van der Waals surface area contributed by atoms with Crippen molar-refractivity contribution in [1.82, 2.24) is 9.78 Å². The van der Waals surface area contributed by atoms with Crippen LogP contribution in [-0.2, 0) is 17.6 Å². The van der Waals surface area contributed by atoms with E-state index in [-0.39, 0.29) is 11.3 Å². The molecule has 0 spiro atoms. The first-order valence-corrected chi connectivity index (χ1v) is 10.9. The molecular formula is C26H19ClN2O5. The fourth-order valence-electron chi connectivity index (χ4n) is 4.03. The van der Waals surface area contributed by atoms with E-state index in [1.165, 1.54) is 4.68 Å².